The van der Waals surface area contributed by atoms with Gasteiger partial charge in [-0.05, 0) is 154 Å². The van der Waals surface area contributed by atoms with Gasteiger partial charge in [0.1, 0.15) is 11.2 Å². The fourth-order valence-corrected chi connectivity index (χ4v) is 13.3. The number of nitrogens with zero attached hydrogens (tertiary/aromatic N) is 2. The summed E-state index contributed by atoms with van der Waals surface area (Å²) in [6.45, 7) is 22.4. The van der Waals surface area contributed by atoms with E-state index in [0.29, 0.717) is 0 Å². The minimum atomic E-state index is -0.786. The molecular weight excluding hydrogens is 985 g/mol. The van der Waals surface area contributed by atoms with E-state index in [9.17, 15) is 0 Å². The van der Waals surface area contributed by atoms with Gasteiger partial charge in [-0.1, -0.05) is 205 Å². The van der Waals surface area contributed by atoms with E-state index in [2.05, 4.69) is 297 Å². The quantitative estimate of drug-likeness (QED) is 0.152. The molecule has 4 nitrogen and oxygen atoms in total. The van der Waals surface area contributed by atoms with Crippen LogP contribution in [-0.4, -0.2) is 0 Å². The van der Waals surface area contributed by atoms with Crippen LogP contribution in [0.5, 0.6) is 0 Å². The van der Waals surface area contributed by atoms with Crippen molar-refractivity contribution in [3.63, 3.8) is 0 Å². The zero-order valence-corrected chi connectivity index (χ0v) is 48.0. The molecule has 4 heteroatoms. The first-order valence-electron chi connectivity index (χ1n) is 28.6. The normalized spacial score (nSPS) is 13.2. The molecule has 2 aromatic heterocycles. The molecule has 0 bridgehead atoms. The van der Waals surface area contributed by atoms with Crippen molar-refractivity contribution in [2.45, 2.75) is 85.5 Å². The Morgan fingerprint density at radius 3 is 1.25 bits per heavy atom. The smallest absolute Gasteiger partial charge is 0.159 e. The van der Waals surface area contributed by atoms with Gasteiger partial charge in [0.15, 0.2) is 11.2 Å². The minimum Gasteiger partial charge on any atom is -0.454 e. The van der Waals surface area contributed by atoms with Crippen LogP contribution < -0.4 is 9.80 Å². The van der Waals surface area contributed by atoms with Crippen LogP contribution >= 0.6 is 0 Å². The van der Waals surface area contributed by atoms with Crippen LogP contribution in [0.15, 0.2) is 227 Å². The monoisotopic (exact) mass is 1050 g/mol. The lowest BCUT2D eigenvalue weighted by molar-refractivity contribution is 0.572. The summed E-state index contributed by atoms with van der Waals surface area (Å²) in [6.07, 6.45) is 0. The van der Waals surface area contributed by atoms with Gasteiger partial charge in [-0.25, -0.2) is 0 Å². The van der Waals surface area contributed by atoms with Crippen LogP contribution in [-0.2, 0) is 16.2 Å². The van der Waals surface area contributed by atoms with Gasteiger partial charge in [0, 0.05) is 55.1 Å². The van der Waals surface area contributed by atoms with Gasteiger partial charge in [-0.2, -0.15) is 0 Å². The van der Waals surface area contributed by atoms with Gasteiger partial charge in [0.05, 0.1) is 22.5 Å². The first-order valence-corrected chi connectivity index (χ1v) is 28.6. The molecule has 0 saturated carbocycles. The number of aryl methyl sites for hydroxylation is 4. The maximum Gasteiger partial charge on any atom is 0.159 e. The van der Waals surface area contributed by atoms with E-state index in [0.717, 1.165) is 83.4 Å². The molecule has 0 radical (unpaired) electrons. The molecule has 81 heavy (non-hydrogen) atoms. The van der Waals surface area contributed by atoms with Crippen molar-refractivity contribution < 1.29 is 8.83 Å². The van der Waals surface area contributed by atoms with Gasteiger partial charge < -0.3 is 18.6 Å². The standard InChI is InChI=1S/C77H66N2O2/c1-47-37-39-53(43-49(47)3)78(67-35-21-31-60-58-29-19-33-63(75(5,6)7)71(58)80-73(60)67)55-41-42-62-65(45-55)77(51-23-13-11-14-24-51,52-25-15-12-16-26-52)66-46-69(56-27-17-18-28-57(56)70(62)66)79(54-40-38-48(2)50(4)44-54)68-36-22-32-61-59-30-20-34-64(76(8,9)10)72(59)81-74(61)68/h11-46H,1-10H3. The Morgan fingerprint density at radius 1 is 0.321 bits per heavy atom. The highest BCUT2D eigenvalue weighted by Gasteiger charge is 2.48. The molecule has 2 heterocycles. The second kappa shape index (κ2) is 18.5. The summed E-state index contributed by atoms with van der Waals surface area (Å²) in [5.74, 6) is 0. The molecule has 14 rings (SSSR count). The summed E-state index contributed by atoms with van der Waals surface area (Å²) < 4.78 is 14.5. The Hall–Kier alpha value is -9.12. The molecule has 0 amide bonds. The summed E-state index contributed by atoms with van der Waals surface area (Å²) >= 11 is 0. The molecule has 1 aliphatic carbocycles. The highest BCUT2D eigenvalue weighted by atomic mass is 16.3. The van der Waals surface area contributed by atoms with E-state index >= 15 is 0 Å². The Balaban J connectivity index is 1.09. The van der Waals surface area contributed by atoms with Crippen LogP contribution in [0.2, 0.25) is 0 Å². The van der Waals surface area contributed by atoms with Crippen molar-refractivity contribution >= 4 is 88.8 Å². The van der Waals surface area contributed by atoms with E-state index in [1.165, 1.54) is 72.1 Å². The molecule has 0 aliphatic heterocycles. The maximum atomic E-state index is 7.29. The van der Waals surface area contributed by atoms with Gasteiger partial charge in [-0.3, -0.25) is 0 Å². The molecule has 0 saturated heterocycles. The topological polar surface area (TPSA) is 32.8 Å². The number of para-hydroxylation sites is 4. The molecule has 11 aromatic carbocycles. The van der Waals surface area contributed by atoms with Crippen LogP contribution in [0.25, 0.3) is 65.8 Å². The average Bonchev–Trinajstić information content (AvgIpc) is 2.21. The lowest BCUT2D eigenvalue weighted by atomic mass is 9.67. The Bertz CT molecular complexity index is 4620. The van der Waals surface area contributed by atoms with Crippen molar-refractivity contribution in [2.24, 2.45) is 0 Å². The summed E-state index contributed by atoms with van der Waals surface area (Å²) in [5, 5.41) is 6.77. The Kier molecular flexibility index (Phi) is 11.4. The van der Waals surface area contributed by atoms with E-state index in [1.54, 1.807) is 0 Å². The second-order valence-corrected chi connectivity index (χ2v) is 24.7. The number of rotatable bonds is 8. The lowest BCUT2D eigenvalue weighted by Crippen LogP contribution is -2.29. The molecule has 396 valence electrons. The Labute approximate surface area is 475 Å². The zero-order chi connectivity index (χ0) is 55.7. The molecular formula is C77H66N2O2. The predicted molar refractivity (Wildman–Crippen MR) is 342 cm³/mol. The third kappa shape index (κ3) is 7.71. The van der Waals surface area contributed by atoms with Crippen molar-refractivity contribution in [1.29, 1.82) is 0 Å². The molecule has 1 aliphatic rings. The molecule has 0 spiro atoms. The Morgan fingerprint density at radius 2 is 0.741 bits per heavy atom. The SMILES string of the molecule is Cc1ccc(N(c2ccc3c(c2)C(c2ccccc2)(c2ccccc2)c2cc(N(c4ccc(C)c(C)c4)c4cccc5c4oc4c(C(C)(C)C)cccc45)c4ccccc4c2-3)c2cccc3c2oc2c(C(C)(C)C)cccc23)cc1C. The molecule has 0 fully saturated rings. The molecule has 0 N–H and O–H groups in total. The first kappa shape index (κ1) is 50.1. The fraction of sp³-hybridized carbons (Fsp3) is 0.169. The largest absolute Gasteiger partial charge is 0.454 e. The van der Waals surface area contributed by atoms with Crippen LogP contribution in [0.4, 0.5) is 34.1 Å². The molecule has 0 unspecified atom stereocenters. The third-order valence-electron chi connectivity index (χ3n) is 17.6. The van der Waals surface area contributed by atoms with Crippen molar-refractivity contribution in [3.05, 3.63) is 274 Å². The van der Waals surface area contributed by atoms with Gasteiger partial charge in [0.25, 0.3) is 0 Å². The van der Waals surface area contributed by atoms with Crippen LogP contribution in [0.3, 0.4) is 0 Å². The highest BCUT2D eigenvalue weighted by molar-refractivity contribution is 6.16. The maximum absolute atomic E-state index is 7.29. The number of fused-ring (bicyclic) bond motifs is 11. The van der Waals surface area contributed by atoms with E-state index in [4.69, 9.17) is 8.83 Å². The number of anilines is 6. The summed E-state index contributed by atoms with van der Waals surface area (Å²) in [5.41, 5.74) is 23.3. The average molecular weight is 1050 g/mol. The van der Waals surface area contributed by atoms with E-state index in [-0.39, 0.29) is 10.8 Å². The van der Waals surface area contributed by atoms with Crippen LogP contribution in [0, 0.1) is 27.7 Å². The molecule has 0 atom stereocenters. The van der Waals surface area contributed by atoms with Gasteiger partial charge in [0.2, 0.25) is 0 Å². The van der Waals surface area contributed by atoms with Crippen molar-refractivity contribution in [1.82, 2.24) is 0 Å². The number of hydrogen-bond donors (Lipinski definition) is 0. The summed E-state index contributed by atoms with van der Waals surface area (Å²) in [6, 6.07) is 81.5. The third-order valence-corrected chi connectivity index (χ3v) is 17.6. The second-order valence-electron chi connectivity index (χ2n) is 24.7. The van der Waals surface area contributed by atoms with E-state index < -0.39 is 5.41 Å². The summed E-state index contributed by atoms with van der Waals surface area (Å²) in [4.78, 5) is 4.91. The number of benzene rings is 11. The van der Waals surface area contributed by atoms with Crippen molar-refractivity contribution in [2.75, 3.05) is 9.80 Å². The van der Waals surface area contributed by atoms with Gasteiger partial charge in [-0.15, -0.1) is 0 Å². The fourth-order valence-electron chi connectivity index (χ4n) is 13.3. The lowest BCUT2D eigenvalue weighted by Gasteiger charge is -2.36. The number of hydrogen-bond acceptors (Lipinski definition) is 4. The predicted octanol–water partition coefficient (Wildman–Crippen LogP) is 21.8. The summed E-state index contributed by atoms with van der Waals surface area (Å²) in [7, 11) is 0. The van der Waals surface area contributed by atoms with Crippen LogP contribution in [0.1, 0.15) is 97.2 Å². The highest BCUT2D eigenvalue weighted by Crippen LogP contribution is 2.61. The zero-order valence-electron chi connectivity index (χ0n) is 48.0. The van der Waals surface area contributed by atoms with Crippen molar-refractivity contribution in [3.8, 4) is 11.1 Å². The molecule has 13 aromatic rings. The first-order chi connectivity index (χ1) is 39.1. The minimum absolute atomic E-state index is 0.119. The number of furan rings is 2. The van der Waals surface area contributed by atoms with E-state index in [1.807, 2.05) is 0 Å². The van der Waals surface area contributed by atoms with Gasteiger partial charge >= 0.3 is 0 Å².